The first-order valence-corrected chi connectivity index (χ1v) is 9.43. The summed E-state index contributed by atoms with van der Waals surface area (Å²) >= 11 is 0. The minimum absolute atomic E-state index is 0.606. The van der Waals surface area contributed by atoms with Crippen LogP contribution in [-0.2, 0) is 0 Å². The number of pyridine rings is 1. The van der Waals surface area contributed by atoms with E-state index in [1.807, 2.05) is 18.3 Å². The van der Waals surface area contributed by atoms with Gasteiger partial charge in [-0.25, -0.2) is 4.98 Å². The molecule has 3 heterocycles. The second-order valence-electron chi connectivity index (χ2n) is 7.11. The Morgan fingerprint density at radius 2 is 1.88 bits per heavy atom. The molecule has 0 radical (unpaired) electrons. The number of H-pyrrole nitrogens is 1. The molecule has 1 aliphatic heterocycles. The van der Waals surface area contributed by atoms with E-state index >= 15 is 0 Å². The molecule has 1 saturated carbocycles. The number of aromatic nitrogens is 2. The van der Waals surface area contributed by atoms with Gasteiger partial charge in [-0.05, 0) is 54.7 Å². The summed E-state index contributed by atoms with van der Waals surface area (Å²) in [5.41, 5.74) is 4.43. The Kier molecular flexibility index (Phi) is 3.89. The molecule has 5 rings (SSSR count). The predicted octanol–water partition coefficient (Wildman–Crippen LogP) is 4.96. The molecule has 0 atom stereocenters. The van der Waals surface area contributed by atoms with Gasteiger partial charge >= 0.3 is 0 Å². The van der Waals surface area contributed by atoms with Gasteiger partial charge in [-0.15, -0.1) is 0 Å². The first kappa shape index (κ1) is 15.5. The summed E-state index contributed by atoms with van der Waals surface area (Å²) in [5, 5.41) is 1.14. The van der Waals surface area contributed by atoms with Crippen molar-refractivity contribution < 1.29 is 9.47 Å². The SMILES string of the molecule is C(=C(c1ccc2c(c1)OCCO2)c1cc2cccnc2[nH]1)C1CCCC1. The van der Waals surface area contributed by atoms with E-state index in [0.29, 0.717) is 19.1 Å². The summed E-state index contributed by atoms with van der Waals surface area (Å²) in [6.07, 6.45) is 9.45. The number of nitrogens with one attached hydrogen (secondary N) is 1. The van der Waals surface area contributed by atoms with Crippen LogP contribution in [0.2, 0.25) is 0 Å². The van der Waals surface area contributed by atoms with Gasteiger partial charge < -0.3 is 14.5 Å². The molecule has 132 valence electrons. The number of allylic oxidation sites excluding steroid dienone is 1. The van der Waals surface area contributed by atoms with Gasteiger partial charge in [0.2, 0.25) is 0 Å². The van der Waals surface area contributed by atoms with Crippen LogP contribution in [-0.4, -0.2) is 23.2 Å². The molecular weight excluding hydrogens is 324 g/mol. The lowest BCUT2D eigenvalue weighted by molar-refractivity contribution is 0.171. The lowest BCUT2D eigenvalue weighted by Gasteiger charge is -2.19. The summed E-state index contributed by atoms with van der Waals surface area (Å²) in [6, 6.07) is 12.5. The monoisotopic (exact) mass is 346 g/mol. The minimum atomic E-state index is 0.606. The van der Waals surface area contributed by atoms with Gasteiger partial charge in [0.15, 0.2) is 11.5 Å². The zero-order chi connectivity index (χ0) is 17.3. The number of benzene rings is 1. The van der Waals surface area contributed by atoms with Gasteiger partial charge in [0, 0.05) is 22.9 Å². The molecule has 0 bridgehead atoms. The Morgan fingerprint density at radius 3 is 2.73 bits per heavy atom. The van der Waals surface area contributed by atoms with E-state index in [4.69, 9.17) is 9.47 Å². The number of ether oxygens (including phenoxy) is 2. The molecule has 26 heavy (non-hydrogen) atoms. The third-order valence-electron chi connectivity index (χ3n) is 5.34. The van der Waals surface area contributed by atoms with Crippen molar-refractivity contribution in [2.75, 3.05) is 13.2 Å². The predicted molar refractivity (Wildman–Crippen MR) is 103 cm³/mol. The number of aromatic amines is 1. The number of hydrogen-bond donors (Lipinski definition) is 1. The molecule has 0 saturated heterocycles. The first-order valence-electron chi connectivity index (χ1n) is 9.43. The molecule has 4 heteroatoms. The van der Waals surface area contributed by atoms with Crippen molar-refractivity contribution >= 4 is 16.6 Å². The van der Waals surface area contributed by atoms with Crippen molar-refractivity contribution in [1.29, 1.82) is 0 Å². The van der Waals surface area contributed by atoms with Crippen LogP contribution >= 0.6 is 0 Å². The Bertz CT molecular complexity index is 934. The zero-order valence-corrected chi connectivity index (χ0v) is 14.7. The van der Waals surface area contributed by atoms with Crippen molar-refractivity contribution in [3.8, 4) is 11.5 Å². The number of nitrogens with zero attached hydrogens (tertiary/aromatic N) is 1. The zero-order valence-electron chi connectivity index (χ0n) is 14.7. The molecule has 0 unspecified atom stereocenters. The van der Waals surface area contributed by atoms with Crippen molar-refractivity contribution in [1.82, 2.24) is 9.97 Å². The van der Waals surface area contributed by atoms with Gasteiger partial charge in [-0.3, -0.25) is 0 Å². The van der Waals surface area contributed by atoms with E-state index < -0.39 is 0 Å². The van der Waals surface area contributed by atoms with Crippen LogP contribution in [0.1, 0.15) is 36.9 Å². The average Bonchev–Trinajstić information content (AvgIpc) is 3.35. The Balaban J connectivity index is 1.61. The molecule has 2 aromatic heterocycles. The van der Waals surface area contributed by atoms with E-state index in [-0.39, 0.29) is 0 Å². The molecule has 0 spiro atoms. The highest BCUT2D eigenvalue weighted by molar-refractivity contribution is 5.87. The average molecular weight is 346 g/mol. The fourth-order valence-electron chi connectivity index (χ4n) is 4.02. The maximum atomic E-state index is 5.80. The van der Waals surface area contributed by atoms with Crippen molar-refractivity contribution in [3.63, 3.8) is 0 Å². The molecule has 0 amide bonds. The maximum Gasteiger partial charge on any atom is 0.161 e. The third kappa shape index (κ3) is 2.85. The lowest BCUT2D eigenvalue weighted by atomic mass is 9.96. The van der Waals surface area contributed by atoms with Gasteiger partial charge in [0.05, 0.1) is 0 Å². The topological polar surface area (TPSA) is 47.1 Å². The van der Waals surface area contributed by atoms with E-state index in [0.717, 1.165) is 33.8 Å². The third-order valence-corrected chi connectivity index (χ3v) is 5.34. The van der Waals surface area contributed by atoms with Crippen LogP contribution in [0, 0.1) is 5.92 Å². The smallest absolute Gasteiger partial charge is 0.161 e. The van der Waals surface area contributed by atoms with Gasteiger partial charge in [0.25, 0.3) is 0 Å². The summed E-state index contributed by atoms with van der Waals surface area (Å²) in [5.74, 6) is 2.30. The van der Waals surface area contributed by atoms with E-state index in [1.165, 1.54) is 31.3 Å². The van der Waals surface area contributed by atoms with E-state index in [9.17, 15) is 0 Å². The Morgan fingerprint density at radius 1 is 1.04 bits per heavy atom. The quantitative estimate of drug-likeness (QED) is 0.729. The molecule has 3 aromatic rings. The second kappa shape index (κ2) is 6.52. The second-order valence-corrected chi connectivity index (χ2v) is 7.11. The van der Waals surface area contributed by atoms with Gasteiger partial charge in [-0.1, -0.05) is 25.0 Å². The molecule has 1 N–H and O–H groups in total. The molecule has 2 aliphatic rings. The number of rotatable bonds is 3. The Hall–Kier alpha value is -2.75. The van der Waals surface area contributed by atoms with Crippen molar-refractivity contribution in [3.05, 3.63) is 59.9 Å². The summed E-state index contributed by atoms with van der Waals surface area (Å²) in [7, 11) is 0. The maximum absolute atomic E-state index is 5.80. The van der Waals surface area contributed by atoms with Crippen LogP contribution in [0.4, 0.5) is 0 Å². The highest BCUT2D eigenvalue weighted by Gasteiger charge is 2.19. The van der Waals surface area contributed by atoms with Crippen LogP contribution in [0.15, 0.2) is 48.7 Å². The standard InChI is InChI=1S/C22H22N2O2/c1-2-5-15(4-1)12-18(19-13-17-6-3-9-23-22(17)24-19)16-7-8-20-21(14-16)26-11-10-25-20/h3,6-9,12-15H,1-2,4-5,10-11H2,(H,23,24). The summed E-state index contributed by atoms with van der Waals surface area (Å²) < 4.78 is 11.5. The fraction of sp³-hybridized carbons (Fsp3) is 0.318. The van der Waals surface area contributed by atoms with E-state index in [2.05, 4.69) is 40.3 Å². The molecule has 1 fully saturated rings. The van der Waals surface area contributed by atoms with E-state index in [1.54, 1.807) is 0 Å². The molecule has 1 aliphatic carbocycles. The van der Waals surface area contributed by atoms with Crippen LogP contribution in [0.3, 0.4) is 0 Å². The minimum Gasteiger partial charge on any atom is -0.486 e. The fourth-order valence-corrected chi connectivity index (χ4v) is 4.02. The van der Waals surface area contributed by atoms with Crippen LogP contribution in [0.25, 0.3) is 16.6 Å². The van der Waals surface area contributed by atoms with Crippen LogP contribution < -0.4 is 9.47 Å². The Labute approximate surface area is 152 Å². The summed E-state index contributed by atoms with van der Waals surface area (Å²) in [6.45, 7) is 1.22. The highest BCUT2D eigenvalue weighted by Crippen LogP contribution is 2.37. The lowest BCUT2D eigenvalue weighted by Crippen LogP contribution is -2.15. The number of hydrogen-bond acceptors (Lipinski definition) is 3. The van der Waals surface area contributed by atoms with Gasteiger partial charge in [0.1, 0.15) is 18.9 Å². The largest absolute Gasteiger partial charge is 0.486 e. The molecule has 4 nitrogen and oxygen atoms in total. The first-order chi connectivity index (χ1) is 12.9. The normalized spacial score (nSPS) is 17.8. The molecular formula is C22H22N2O2. The van der Waals surface area contributed by atoms with Crippen molar-refractivity contribution in [2.45, 2.75) is 25.7 Å². The van der Waals surface area contributed by atoms with Gasteiger partial charge in [-0.2, -0.15) is 0 Å². The molecule has 1 aromatic carbocycles. The van der Waals surface area contributed by atoms with Crippen LogP contribution in [0.5, 0.6) is 11.5 Å². The highest BCUT2D eigenvalue weighted by atomic mass is 16.6. The van der Waals surface area contributed by atoms with Crippen molar-refractivity contribution in [2.24, 2.45) is 5.92 Å². The number of fused-ring (bicyclic) bond motifs is 2. The summed E-state index contributed by atoms with van der Waals surface area (Å²) in [4.78, 5) is 7.95.